The number of nitrogens with zero attached hydrogens (tertiary/aromatic N) is 1. The van der Waals surface area contributed by atoms with E-state index in [1.807, 2.05) is 20.8 Å². The molecule has 0 aromatic rings. The van der Waals surface area contributed by atoms with Crippen molar-refractivity contribution in [3.8, 4) is 0 Å². The Morgan fingerprint density at radius 3 is 2.06 bits per heavy atom. The zero-order valence-corrected chi connectivity index (χ0v) is 10.7. The lowest BCUT2D eigenvalue weighted by atomic mass is 9.91. The maximum atomic E-state index is 11.5. The van der Waals surface area contributed by atoms with Crippen molar-refractivity contribution in [1.82, 2.24) is 4.90 Å². The summed E-state index contributed by atoms with van der Waals surface area (Å²) in [7, 11) is 3.18. The minimum Gasteiger partial charge on any atom is -0.462 e. The van der Waals surface area contributed by atoms with Crippen molar-refractivity contribution in [1.29, 1.82) is 0 Å². The molecule has 0 radical (unpaired) electrons. The molecule has 0 aliphatic rings. The van der Waals surface area contributed by atoms with Crippen LogP contribution in [0.5, 0.6) is 0 Å². The first-order valence-electron chi connectivity index (χ1n) is 5.32. The number of esters is 1. The molecular weight excluding hydrogens is 210 g/mol. The van der Waals surface area contributed by atoms with E-state index in [2.05, 4.69) is 0 Å². The first-order chi connectivity index (χ1) is 7.31. The van der Waals surface area contributed by atoms with Crippen molar-refractivity contribution in [2.24, 2.45) is 5.41 Å². The summed E-state index contributed by atoms with van der Waals surface area (Å²) in [6, 6.07) is 0. The van der Waals surface area contributed by atoms with Gasteiger partial charge in [-0.05, 0) is 20.3 Å². The van der Waals surface area contributed by atoms with Gasteiger partial charge in [-0.25, -0.2) is 4.79 Å². The average Bonchev–Trinajstić information content (AvgIpc) is 2.23. The highest BCUT2D eigenvalue weighted by molar-refractivity contribution is 5.75. The molecule has 5 heteroatoms. The van der Waals surface area contributed by atoms with Crippen molar-refractivity contribution < 1.29 is 19.1 Å². The van der Waals surface area contributed by atoms with E-state index in [0.29, 0.717) is 6.42 Å². The summed E-state index contributed by atoms with van der Waals surface area (Å²) in [4.78, 5) is 23.8. The number of rotatable bonds is 5. The van der Waals surface area contributed by atoms with Gasteiger partial charge < -0.3 is 14.4 Å². The second-order valence-electron chi connectivity index (χ2n) is 4.38. The predicted molar refractivity (Wildman–Crippen MR) is 60.1 cm³/mol. The summed E-state index contributed by atoms with van der Waals surface area (Å²) in [5.41, 5.74) is -0.481. The summed E-state index contributed by atoms with van der Waals surface area (Å²) in [5, 5.41) is 0. The van der Waals surface area contributed by atoms with E-state index in [4.69, 9.17) is 9.47 Å². The molecule has 0 bridgehead atoms. The largest absolute Gasteiger partial charge is 0.462 e. The second kappa shape index (κ2) is 6.35. The van der Waals surface area contributed by atoms with E-state index < -0.39 is 11.5 Å². The van der Waals surface area contributed by atoms with Gasteiger partial charge in [-0.15, -0.1) is 0 Å². The van der Waals surface area contributed by atoms with Crippen LogP contribution < -0.4 is 0 Å². The van der Waals surface area contributed by atoms with Crippen molar-refractivity contribution in [3.63, 3.8) is 0 Å². The van der Waals surface area contributed by atoms with Crippen LogP contribution in [0.3, 0.4) is 0 Å². The van der Waals surface area contributed by atoms with Gasteiger partial charge >= 0.3 is 12.1 Å². The van der Waals surface area contributed by atoms with Crippen LogP contribution in [-0.4, -0.2) is 44.3 Å². The minimum atomic E-state index is -0.481. The highest BCUT2D eigenvalue weighted by atomic mass is 16.6. The Labute approximate surface area is 96.7 Å². The topological polar surface area (TPSA) is 55.8 Å². The number of carbonyl (C=O) groups is 2. The summed E-state index contributed by atoms with van der Waals surface area (Å²) >= 11 is 0. The fourth-order valence-electron chi connectivity index (χ4n) is 0.732. The molecule has 16 heavy (non-hydrogen) atoms. The molecule has 94 valence electrons. The molecule has 0 aromatic heterocycles. The molecular formula is C11H21NO4. The van der Waals surface area contributed by atoms with Crippen LogP contribution in [0.25, 0.3) is 0 Å². The Bertz CT molecular complexity index is 248. The van der Waals surface area contributed by atoms with E-state index in [1.165, 1.54) is 4.90 Å². The van der Waals surface area contributed by atoms with E-state index in [-0.39, 0.29) is 19.2 Å². The smallest absolute Gasteiger partial charge is 0.409 e. The van der Waals surface area contributed by atoms with Gasteiger partial charge in [-0.3, -0.25) is 4.79 Å². The van der Waals surface area contributed by atoms with Crippen LogP contribution in [0.1, 0.15) is 27.2 Å². The zero-order chi connectivity index (χ0) is 12.8. The molecule has 0 aliphatic heterocycles. The van der Waals surface area contributed by atoms with E-state index in [0.717, 1.165) is 0 Å². The molecule has 1 amide bonds. The molecule has 0 aromatic carbocycles. The van der Waals surface area contributed by atoms with Gasteiger partial charge in [0.25, 0.3) is 0 Å². The molecule has 0 atom stereocenters. The van der Waals surface area contributed by atoms with Crippen LogP contribution in [0.2, 0.25) is 0 Å². The molecule has 5 nitrogen and oxygen atoms in total. The lowest BCUT2D eigenvalue weighted by molar-refractivity contribution is -0.155. The third-order valence-corrected chi connectivity index (χ3v) is 2.34. The van der Waals surface area contributed by atoms with Gasteiger partial charge in [0.1, 0.15) is 13.2 Å². The maximum absolute atomic E-state index is 11.5. The Morgan fingerprint density at radius 1 is 1.12 bits per heavy atom. The first kappa shape index (κ1) is 14.7. The number of hydrogen-bond donors (Lipinski definition) is 0. The standard InChI is InChI=1S/C11H21NO4/c1-6-11(2,3)9(13)15-7-8-16-10(14)12(4)5/h6-8H2,1-5H3. The molecule has 0 saturated carbocycles. The Hall–Kier alpha value is -1.26. The van der Waals surface area contributed by atoms with E-state index in [9.17, 15) is 9.59 Å². The number of hydrogen-bond acceptors (Lipinski definition) is 4. The summed E-state index contributed by atoms with van der Waals surface area (Å²) < 4.78 is 9.80. The molecule has 0 rings (SSSR count). The Balaban J connectivity index is 3.76. The van der Waals surface area contributed by atoms with Crippen LogP contribution in [-0.2, 0) is 14.3 Å². The highest BCUT2D eigenvalue weighted by Crippen LogP contribution is 2.21. The van der Waals surface area contributed by atoms with Crippen molar-refractivity contribution in [2.75, 3.05) is 27.3 Å². The van der Waals surface area contributed by atoms with E-state index >= 15 is 0 Å². The number of amides is 1. The average molecular weight is 231 g/mol. The molecule has 0 N–H and O–H groups in total. The molecule has 0 aliphatic carbocycles. The monoisotopic (exact) mass is 231 g/mol. The molecule has 0 fully saturated rings. The zero-order valence-electron chi connectivity index (χ0n) is 10.7. The third kappa shape index (κ3) is 5.00. The molecule has 0 saturated heterocycles. The number of ether oxygens (including phenoxy) is 2. The van der Waals surface area contributed by atoms with Crippen LogP contribution in [0, 0.1) is 5.41 Å². The van der Waals surface area contributed by atoms with Gasteiger partial charge in [0.2, 0.25) is 0 Å². The fraction of sp³-hybridized carbons (Fsp3) is 0.818. The highest BCUT2D eigenvalue weighted by Gasteiger charge is 2.26. The summed E-state index contributed by atoms with van der Waals surface area (Å²) in [6.45, 7) is 5.75. The molecule has 0 heterocycles. The maximum Gasteiger partial charge on any atom is 0.409 e. The second-order valence-corrected chi connectivity index (χ2v) is 4.38. The van der Waals surface area contributed by atoms with Gasteiger partial charge in [-0.1, -0.05) is 6.92 Å². The Kier molecular flexibility index (Phi) is 5.85. The normalized spacial score (nSPS) is 10.8. The van der Waals surface area contributed by atoms with Crippen LogP contribution in [0.4, 0.5) is 4.79 Å². The summed E-state index contributed by atoms with van der Waals surface area (Å²) in [6.07, 6.45) is 0.273. The van der Waals surface area contributed by atoms with Crippen LogP contribution in [0.15, 0.2) is 0 Å². The van der Waals surface area contributed by atoms with E-state index in [1.54, 1.807) is 14.1 Å². The minimum absolute atomic E-state index is 0.0859. The third-order valence-electron chi connectivity index (χ3n) is 2.34. The van der Waals surface area contributed by atoms with Crippen LogP contribution >= 0.6 is 0 Å². The molecule has 0 unspecified atom stereocenters. The predicted octanol–water partition coefficient (Wildman–Crippen LogP) is 1.66. The summed E-state index contributed by atoms with van der Waals surface area (Å²) in [5.74, 6) is -0.268. The fourth-order valence-corrected chi connectivity index (χ4v) is 0.732. The van der Waals surface area contributed by atoms with Crippen molar-refractivity contribution >= 4 is 12.1 Å². The molecule has 0 spiro atoms. The van der Waals surface area contributed by atoms with Crippen molar-refractivity contribution in [3.05, 3.63) is 0 Å². The van der Waals surface area contributed by atoms with Gasteiger partial charge in [0.15, 0.2) is 0 Å². The quantitative estimate of drug-likeness (QED) is 0.533. The van der Waals surface area contributed by atoms with Crippen molar-refractivity contribution in [2.45, 2.75) is 27.2 Å². The lowest BCUT2D eigenvalue weighted by Crippen LogP contribution is -2.28. The first-order valence-corrected chi connectivity index (χ1v) is 5.32. The lowest BCUT2D eigenvalue weighted by Gasteiger charge is -2.20. The SMILES string of the molecule is CCC(C)(C)C(=O)OCCOC(=O)N(C)C. The van der Waals surface area contributed by atoms with Gasteiger partial charge in [0, 0.05) is 14.1 Å². The van der Waals surface area contributed by atoms with Gasteiger partial charge in [-0.2, -0.15) is 0 Å². The Morgan fingerprint density at radius 2 is 1.62 bits per heavy atom. The number of carbonyl (C=O) groups excluding carboxylic acids is 2. The van der Waals surface area contributed by atoms with Gasteiger partial charge in [0.05, 0.1) is 5.41 Å².